The highest BCUT2D eigenvalue weighted by molar-refractivity contribution is 5.88. The molecule has 0 aromatic heterocycles. The number of allylic oxidation sites excluding steroid dienone is 1. The van der Waals surface area contributed by atoms with Gasteiger partial charge in [-0.05, 0) is 31.6 Å². The molecule has 0 amide bonds. The van der Waals surface area contributed by atoms with Gasteiger partial charge < -0.3 is 14.2 Å². The van der Waals surface area contributed by atoms with Gasteiger partial charge >= 0.3 is 5.97 Å². The molecule has 2 unspecified atom stereocenters. The average Bonchev–Trinajstić information content (AvgIpc) is 2.49. The number of carbonyl (C=O) groups excluding carboxylic acids is 1. The Morgan fingerprint density at radius 1 is 1.50 bits per heavy atom. The minimum atomic E-state index is -0.478. The Hall–Kier alpha value is -1.31. The van der Waals surface area contributed by atoms with Crippen molar-refractivity contribution in [3.05, 3.63) is 12.2 Å². The molecule has 1 saturated heterocycles. The number of methoxy groups -OCH3 is 1. The summed E-state index contributed by atoms with van der Waals surface area (Å²) >= 11 is 0. The maximum absolute atomic E-state index is 10.8. The van der Waals surface area contributed by atoms with E-state index in [2.05, 4.69) is 29.6 Å². The molecule has 1 fully saturated rings. The summed E-state index contributed by atoms with van der Waals surface area (Å²) in [6.07, 6.45) is 9.02. The van der Waals surface area contributed by atoms with Gasteiger partial charge in [-0.1, -0.05) is 25.0 Å². The summed E-state index contributed by atoms with van der Waals surface area (Å²) in [6.45, 7) is 3.51. The molecule has 0 radical (unpaired) electrons. The summed E-state index contributed by atoms with van der Waals surface area (Å²) in [5.74, 6) is 5.16. The van der Waals surface area contributed by atoms with E-state index < -0.39 is 5.97 Å². The van der Waals surface area contributed by atoms with Gasteiger partial charge in [0.05, 0.1) is 13.7 Å². The first-order valence-electron chi connectivity index (χ1n) is 7.19. The maximum atomic E-state index is 10.8. The SMILES string of the molecule is COC(=O)C#CCCC(C)/C=C/COC1CCCCO1. The van der Waals surface area contributed by atoms with Gasteiger partial charge in [0.2, 0.25) is 0 Å². The summed E-state index contributed by atoms with van der Waals surface area (Å²) in [5, 5.41) is 0. The van der Waals surface area contributed by atoms with Crippen LogP contribution in [0.1, 0.15) is 39.0 Å². The van der Waals surface area contributed by atoms with E-state index in [0.717, 1.165) is 25.9 Å². The van der Waals surface area contributed by atoms with Crippen LogP contribution in [-0.2, 0) is 19.0 Å². The molecule has 0 aliphatic carbocycles. The Balaban J connectivity index is 2.08. The lowest BCUT2D eigenvalue weighted by Crippen LogP contribution is -2.22. The third-order valence-corrected chi connectivity index (χ3v) is 3.08. The van der Waals surface area contributed by atoms with Crippen LogP contribution in [0.3, 0.4) is 0 Å². The minimum Gasteiger partial charge on any atom is -0.459 e. The van der Waals surface area contributed by atoms with Crippen LogP contribution in [0.4, 0.5) is 0 Å². The van der Waals surface area contributed by atoms with Crippen molar-refractivity contribution in [2.24, 2.45) is 5.92 Å². The Kier molecular flexibility index (Phi) is 8.77. The second kappa shape index (κ2) is 10.5. The van der Waals surface area contributed by atoms with Gasteiger partial charge in [-0.3, -0.25) is 0 Å². The Morgan fingerprint density at radius 3 is 3.05 bits per heavy atom. The molecule has 0 aromatic rings. The molecular weight excluding hydrogens is 256 g/mol. The molecule has 0 saturated carbocycles. The van der Waals surface area contributed by atoms with Crippen molar-refractivity contribution in [1.29, 1.82) is 0 Å². The first kappa shape index (κ1) is 16.7. The average molecular weight is 280 g/mol. The van der Waals surface area contributed by atoms with Crippen molar-refractivity contribution in [2.75, 3.05) is 20.3 Å². The summed E-state index contributed by atoms with van der Waals surface area (Å²) in [4.78, 5) is 10.8. The minimum absolute atomic E-state index is 0.0328. The van der Waals surface area contributed by atoms with Gasteiger partial charge in [0.1, 0.15) is 0 Å². The van der Waals surface area contributed by atoms with Crippen molar-refractivity contribution in [2.45, 2.75) is 45.3 Å². The van der Waals surface area contributed by atoms with Crippen molar-refractivity contribution in [3.8, 4) is 11.8 Å². The fraction of sp³-hybridized carbons (Fsp3) is 0.688. The van der Waals surface area contributed by atoms with E-state index in [1.807, 2.05) is 6.08 Å². The lowest BCUT2D eigenvalue weighted by atomic mass is 10.1. The Labute approximate surface area is 121 Å². The number of hydrogen-bond donors (Lipinski definition) is 0. The van der Waals surface area contributed by atoms with Crippen LogP contribution in [-0.4, -0.2) is 32.6 Å². The smallest absolute Gasteiger partial charge is 0.384 e. The van der Waals surface area contributed by atoms with E-state index in [9.17, 15) is 4.79 Å². The van der Waals surface area contributed by atoms with Gasteiger partial charge in [-0.2, -0.15) is 0 Å². The Bertz CT molecular complexity index is 358. The molecule has 4 nitrogen and oxygen atoms in total. The molecule has 1 heterocycles. The van der Waals surface area contributed by atoms with E-state index in [-0.39, 0.29) is 6.29 Å². The van der Waals surface area contributed by atoms with Crippen molar-refractivity contribution in [3.63, 3.8) is 0 Å². The molecule has 2 atom stereocenters. The molecule has 20 heavy (non-hydrogen) atoms. The topological polar surface area (TPSA) is 44.8 Å². The summed E-state index contributed by atoms with van der Waals surface area (Å²) in [6, 6.07) is 0. The van der Waals surface area contributed by atoms with Gasteiger partial charge in [-0.25, -0.2) is 4.79 Å². The third kappa shape index (κ3) is 7.98. The second-order valence-electron chi connectivity index (χ2n) is 4.87. The van der Waals surface area contributed by atoms with Crippen LogP contribution in [0.2, 0.25) is 0 Å². The second-order valence-corrected chi connectivity index (χ2v) is 4.87. The molecule has 0 bridgehead atoms. The molecular formula is C16H24O4. The predicted octanol–water partition coefficient (Wildman–Crippen LogP) is 2.68. The molecule has 4 heteroatoms. The highest BCUT2D eigenvalue weighted by atomic mass is 16.7. The highest BCUT2D eigenvalue weighted by Crippen LogP contribution is 2.13. The number of carbonyl (C=O) groups is 1. The largest absolute Gasteiger partial charge is 0.459 e. The van der Waals surface area contributed by atoms with Crippen LogP contribution in [0, 0.1) is 17.8 Å². The van der Waals surface area contributed by atoms with Crippen LogP contribution in [0.15, 0.2) is 12.2 Å². The lowest BCUT2D eigenvalue weighted by molar-refractivity contribution is -0.155. The van der Waals surface area contributed by atoms with E-state index in [4.69, 9.17) is 9.47 Å². The predicted molar refractivity (Wildman–Crippen MR) is 76.9 cm³/mol. The fourth-order valence-corrected chi connectivity index (χ4v) is 1.88. The molecule has 112 valence electrons. The van der Waals surface area contributed by atoms with Gasteiger partial charge in [-0.15, -0.1) is 0 Å². The van der Waals surface area contributed by atoms with Crippen molar-refractivity contribution in [1.82, 2.24) is 0 Å². The van der Waals surface area contributed by atoms with Crippen LogP contribution in [0.25, 0.3) is 0 Å². The van der Waals surface area contributed by atoms with Crippen LogP contribution in [0.5, 0.6) is 0 Å². The first-order valence-corrected chi connectivity index (χ1v) is 7.19. The summed E-state index contributed by atoms with van der Waals surface area (Å²) < 4.78 is 15.5. The zero-order chi connectivity index (χ0) is 14.6. The van der Waals surface area contributed by atoms with E-state index in [1.54, 1.807) is 0 Å². The van der Waals surface area contributed by atoms with Crippen molar-refractivity contribution >= 4 is 5.97 Å². The summed E-state index contributed by atoms with van der Waals surface area (Å²) in [5.41, 5.74) is 0. The van der Waals surface area contributed by atoms with Crippen LogP contribution >= 0.6 is 0 Å². The van der Waals surface area contributed by atoms with Gasteiger partial charge in [0.25, 0.3) is 0 Å². The van der Waals surface area contributed by atoms with E-state index in [0.29, 0.717) is 18.9 Å². The molecule has 0 spiro atoms. The standard InChI is InChI=1S/C16H24O4/c1-14(8-3-4-10-15(17)18-2)9-7-13-20-16-11-5-6-12-19-16/h7,9,14,16H,3,5-6,8,11-13H2,1-2H3/b9-7+. The molecule has 0 aromatic carbocycles. The van der Waals surface area contributed by atoms with E-state index in [1.165, 1.54) is 13.5 Å². The fourth-order valence-electron chi connectivity index (χ4n) is 1.88. The number of rotatable bonds is 6. The summed E-state index contributed by atoms with van der Waals surface area (Å²) in [7, 11) is 1.33. The Morgan fingerprint density at radius 2 is 2.35 bits per heavy atom. The molecule has 0 N–H and O–H groups in total. The quantitative estimate of drug-likeness (QED) is 0.325. The number of esters is 1. The van der Waals surface area contributed by atoms with E-state index >= 15 is 0 Å². The van der Waals surface area contributed by atoms with Gasteiger partial charge in [0.15, 0.2) is 6.29 Å². The first-order chi connectivity index (χ1) is 9.72. The molecule has 1 rings (SSSR count). The highest BCUT2D eigenvalue weighted by Gasteiger charge is 2.12. The maximum Gasteiger partial charge on any atom is 0.384 e. The van der Waals surface area contributed by atoms with Crippen molar-refractivity contribution < 1.29 is 19.0 Å². The number of hydrogen-bond acceptors (Lipinski definition) is 4. The monoisotopic (exact) mass is 280 g/mol. The van der Waals surface area contributed by atoms with Gasteiger partial charge in [0, 0.05) is 18.9 Å². The zero-order valence-corrected chi connectivity index (χ0v) is 12.4. The lowest BCUT2D eigenvalue weighted by Gasteiger charge is -2.21. The van der Waals surface area contributed by atoms with Crippen LogP contribution < -0.4 is 0 Å². The normalized spacial score (nSPS) is 20.2. The molecule has 1 aliphatic heterocycles. The molecule has 1 aliphatic rings. The third-order valence-electron chi connectivity index (χ3n) is 3.08. The number of ether oxygens (including phenoxy) is 3. The zero-order valence-electron chi connectivity index (χ0n) is 12.4.